The molecule has 2 aromatic carbocycles. The van der Waals surface area contributed by atoms with Gasteiger partial charge in [-0.2, -0.15) is 0 Å². The van der Waals surface area contributed by atoms with Crippen molar-refractivity contribution in [3.05, 3.63) is 59.1 Å². The second kappa shape index (κ2) is 12.9. The third-order valence-corrected chi connectivity index (χ3v) is 8.63. The number of nitrogens with one attached hydrogen (secondary N) is 1. The number of thiazole rings is 1. The molecule has 1 aromatic heterocycles. The first-order chi connectivity index (χ1) is 17.9. The molecule has 0 aliphatic carbocycles. The van der Waals surface area contributed by atoms with Crippen LogP contribution in [0.25, 0.3) is 0 Å². The Morgan fingerprint density at radius 2 is 1.82 bits per heavy atom. The number of carbonyl (C=O) groups excluding carboxylic acids is 1. The van der Waals surface area contributed by atoms with Crippen LogP contribution in [0.2, 0.25) is 0 Å². The van der Waals surface area contributed by atoms with E-state index in [0.29, 0.717) is 41.3 Å². The van der Waals surface area contributed by atoms with Crippen molar-refractivity contribution in [2.45, 2.75) is 31.0 Å². The predicted octanol–water partition coefficient (Wildman–Crippen LogP) is 5.45. The van der Waals surface area contributed by atoms with E-state index in [2.05, 4.69) is 10.3 Å². The molecule has 0 saturated carbocycles. The van der Waals surface area contributed by atoms with Gasteiger partial charge in [0, 0.05) is 37.0 Å². The number of hydrogen-bond donors (Lipinski definition) is 1. The summed E-state index contributed by atoms with van der Waals surface area (Å²) >= 11 is 1.22. The summed E-state index contributed by atoms with van der Waals surface area (Å²) < 4.78 is 58.2. The molecule has 0 radical (unpaired) electrons. The number of amides is 1. The average Bonchev–Trinajstić information content (AvgIpc) is 3.24. The number of sulfone groups is 1. The molecule has 3 rings (SSSR count). The molecule has 206 valence electrons. The summed E-state index contributed by atoms with van der Waals surface area (Å²) in [5.41, 5.74) is 0.818. The molecule has 2 atom stereocenters. The van der Waals surface area contributed by atoms with Crippen LogP contribution in [-0.2, 0) is 29.8 Å². The zero-order valence-corrected chi connectivity index (χ0v) is 24.3. The molecule has 3 aromatic rings. The van der Waals surface area contributed by atoms with Crippen LogP contribution in [0.15, 0.2) is 52.7 Å². The van der Waals surface area contributed by atoms with E-state index in [1.807, 2.05) is 6.92 Å². The Bertz CT molecular complexity index is 1410. The number of aromatic nitrogens is 1. The molecule has 1 heterocycles. The largest absolute Gasteiger partial charge is 0.488 e. The predicted molar refractivity (Wildman–Crippen MR) is 147 cm³/mol. The lowest BCUT2D eigenvalue weighted by atomic mass is 10.2. The number of carbonyl (C=O) groups is 1. The minimum Gasteiger partial charge on any atom is -0.488 e. The van der Waals surface area contributed by atoms with Crippen LogP contribution in [0.3, 0.4) is 0 Å². The number of benzene rings is 2. The second-order valence-corrected chi connectivity index (χ2v) is 14.1. The fourth-order valence-corrected chi connectivity index (χ4v) is 6.29. The maximum absolute atomic E-state index is 13.1. The van der Waals surface area contributed by atoms with Gasteiger partial charge in [0.05, 0.1) is 30.0 Å². The normalized spacial score (nSPS) is 13.9. The molecule has 1 N–H and O–H groups in total. The summed E-state index contributed by atoms with van der Waals surface area (Å²) in [6.07, 6.45) is 1.00. The van der Waals surface area contributed by atoms with Gasteiger partial charge in [0.1, 0.15) is 23.4 Å². The van der Waals surface area contributed by atoms with Crippen LogP contribution in [0.1, 0.15) is 29.9 Å². The molecule has 0 aliphatic rings. The SMILES string of the molecule is CCO[P@@](C)(=O)Cc1csc(NC(=O)c2cc(Oc3ccc(S(C)(=O)=O)cc3)cc(O[C@@H](C)COC)c2)n1. The van der Waals surface area contributed by atoms with Crippen molar-refractivity contribution < 1.29 is 36.5 Å². The van der Waals surface area contributed by atoms with Crippen molar-refractivity contribution in [2.75, 3.05) is 38.6 Å². The van der Waals surface area contributed by atoms with Gasteiger partial charge in [-0.15, -0.1) is 11.3 Å². The number of ether oxygens (including phenoxy) is 3. The molecule has 13 heteroatoms. The number of nitrogens with zero attached hydrogens (tertiary/aromatic N) is 1. The van der Waals surface area contributed by atoms with Gasteiger partial charge in [0.15, 0.2) is 15.0 Å². The lowest BCUT2D eigenvalue weighted by molar-refractivity contribution is 0.0916. The first kappa shape index (κ1) is 29.8. The lowest BCUT2D eigenvalue weighted by Gasteiger charge is -2.16. The highest BCUT2D eigenvalue weighted by Gasteiger charge is 2.19. The van der Waals surface area contributed by atoms with Crippen molar-refractivity contribution >= 4 is 39.6 Å². The average molecular weight is 583 g/mol. The van der Waals surface area contributed by atoms with Crippen LogP contribution in [-0.4, -0.2) is 58.7 Å². The number of rotatable bonds is 13. The van der Waals surface area contributed by atoms with E-state index in [-0.39, 0.29) is 22.7 Å². The Balaban J connectivity index is 1.83. The highest BCUT2D eigenvalue weighted by atomic mass is 32.2. The van der Waals surface area contributed by atoms with Crippen molar-refractivity contribution in [1.82, 2.24) is 4.98 Å². The van der Waals surface area contributed by atoms with E-state index in [9.17, 15) is 17.8 Å². The van der Waals surface area contributed by atoms with E-state index >= 15 is 0 Å². The van der Waals surface area contributed by atoms with Gasteiger partial charge >= 0.3 is 0 Å². The first-order valence-corrected chi connectivity index (χ1v) is 16.7. The Labute approximate surface area is 226 Å². The Hall–Kier alpha value is -2.76. The molecule has 0 aliphatic heterocycles. The van der Waals surface area contributed by atoms with Crippen LogP contribution in [0.4, 0.5) is 5.13 Å². The molecule has 0 spiro atoms. The third kappa shape index (κ3) is 8.92. The summed E-state index contributed by atoms with van der Waals surface area (Å²) in [5.74, 6) is 0.632. The standard InChI is InChI=1S/C25H31N2O8PS2/c1-6-33-36(4,29)15-19-16-37-25(26-19)27-24(28)18-11-21(34-17(2)14-32-3)13-22(12-18)35-20-7-9-23(10-8-20)38(5,30)31/h7-13,16-17H,6,14-15H2,1-5H3,(H,26,27,28)/t17-,36+/m0/s1. The Kier molecular flexibility index (Phi) is 10.1. The number of methoxy groups -OCH3 is 1. The summed E-state index contributed by atoms with van der Waals surface area (Å²) in [4.78, 5) is 17.6. The van der Waals surface area contributed by atoms with E-state index in [0.717, 1.165) is 6.26 Å². The van der Waals surface area contributed by atoms with Crippen LogP contribution >= 0.6 is 18.7 Å². The van der Waals surface area contributed by atoms with E-state index in [1.165, 1.54) is 41.7 Å². The molecular weight excluding hydrogens is 551 g/mol. The Morgan fingerprint density at radius 1 is 1.13 bits per heavy atom. The minimum absolute atomic E-state index is 0.166. The smallest absolute Gasteiger partial charge is 0.257 e. The molecule has 10 nitrogen and oxygen atoms in total. The Morgan fingerprint density at radius 3 is 2.45 bits per heavy atom. The molecule has 1 amide bonds. The highest BCUT2D eigenvalue weighted by molar-refractivity contribution is 7.90. The lowest BCUT2D eigenvalue weighted by Crippen LogP contribution is -2.18. The summed E-state index contributed by atoms with van der Waals surface area (Å²) in [6.45, 7) is 5.84. The summed E-state index contributed by atoms with van der Waals surface area (Å²) in [6, 6.07) is 10.7. The maximum atomic E-state index is 13.1. The molecule has 0 unspecified atom stereocenters. The van der Waals surface area contributed by atoms with Gasteiger partial charge in [-0.05, 0) is 50.2 Å². The third-order valence-electron chi connectivity index (χ3n) is 4.99. The van der Waals surface area contributed by atoms with E-state index < -0.39 is 23.1 Å². The monoisotopic (exact) mass is 582 g/mol. The zero-order valence-electron chi connectivity index (χ0n) is 21.8. The van der Waals surface area contributed by atoms with Crippen LogP contribution < -0.4 is 14.8 Å². The van der Waals surface area contributed by atoms with Gasteiger partial charge in [-0.1, -0.05) is 0 Å². The zero-order chi connectivity index (χ0) is 27.9. The van der Waals surface area contributed by atoms with Gasteiger partial charge in [-0.25, -0.2) is 13.4 Å². The fraction of sp³-hybridized carbons (Fsp3) is 0.360. The highest BCUT2D eigenvalue weighted by Crippen LogP contribution is 2.46. The van der Waals surface area contributed by atoms with Crippen molar-refractivity contribution in [1.29, 1.82) is 0 Å². The molecule has 0 saturated heterocycles. The van der Waals surface area contributed by atoms with Gasteiger partial charge in [0.25, 0.3) is 5.91 Å². The van der Waals surface area contributed by atoms with Crippen molar-refractivity contribution in [3.8, 4) is 17.2 Å². The quantitative estimate of drug-likeness (QED) is 0.262. The molecule has 0 bridgehead atoms. The summed E-state index contributed by atoms with van der Waals surface area (Å²) in [5, 5.41) is 4.83. The van der Waals surface area contributed by atoms with E-state index in [4.69, 9.17) is 18.7 Å². The first-order valence-electron chi connectivity index (χ1n) is 11.6. The van der Waals surface area contributed by atoms with Crippen LogP contribution in [0, 0.1) is 0 Å². The maximum Gasteiger partial charge on any atom is 0.257 e. The second-order valence-electron chi connectivity index (χ2n) is 8.61. The number of hydrogen-bond acceptors (Lipinski definition) is 10. The molecular formula is C25H31N2O8PS2. The number of anilines is 1. The van der Waals surface area contributed by atoms with Crippen LogP contribution in [0.5, 0.6) is 17.2 Å². The van der Waals surface area contributed by atoms with E-state index in [1.54, 1.807) is 38.2 Å². The minimum atomic E-state index is -3.35. The van der Waals surface area contributed by atoms with Gasteiger partial charge in [-0.3, -0.25) is 14.7 Å². The van der Waals surface area contributed by atoms with Crippen molar-refractivity contribution in [2.24, 2.45) is 0 Å². The molecule has 38 heavy (non-hydrogen) atoms. The molecule has 0 fully saturated rings. The fourth-order valence-electron chi connectivity index (χ4n) is 3.44. The van der Waals surface area contributed by atoms with Crippen molar-refractivity contribution in [3.63, 3.8) is 0 Å². The summed E-state index contributed by atoms with van der Waals surface area (Å²) in [7, 11) is -4.60. The van der Waals surface area contributed by atoms with Gasteiger partial charge in [0.2, 0.25) is 7.37 Å². The van der Waals surface area contributed by atoms with Gasteiger partial charge < -0.3 is 18.7 Å². The topological polar surface area (TPSA) is 130 Å².